The predicted molar refractivity (Wildman–Crippen MR) is 113 cm³/mol. The molecule has 3 heterocycles. The van der Waals surface area contributed by atoms with Gasteiger partial charge in [-0.05, 0) is 26.0 Å². The first kappa shape index (κ1) is 21.9. The first-order chi connectivity index (χ1) is 15.7. The Bertz CT molecular complexity index is 1240. The highest BCUT2D eigenvalue weighted by molar-refractivity contribution is 6.44. The number of amides is 1. The third-order valence-electron chi connectivity index (χ3n) is 4.67. The van der Waals surface area contributed by atoms with Crippen molar-refractivity contribution in [3.63, 3.8) is 0 Å². The quantitative estimate of drug-likeness (QED) is 0.609. The monoisotopic (exact) mass is 453 g/mol. The van der Waals surface area contributed by atoms with Crippen molar-refractivity contribution in [2.24, 2.45) is 5.16 Å². The second-order valence-corrected chi connectivity index (χ2v) is 7.50. The van der Waals surface area contributed by atoms with E-state index in [1.807, 2.05) is 0 Å². The molecule has 0 radical (unpaired) electrons. The van der Waals surface area contributed by atoms with Crippen molar-refractivity contribution in [2.45, 2.75) is 19.4 Å². The number of hydrogen-bond acceptors (Lipinski definition) is 8. The van der Waals surface area contributed by atoms with Gasteiger partial charge in [0.15, 0.2) is 28.8 Å². The lowest BCUT2D eigenvalue weighted by Gasteiger charge is -2.12. The van der Waals surface area contributed by atoms with Crippen LogP contribution in [-0.4, -0.2) is 44.6 Å². The number of nitrogens with one attached hydrogen (secondary N) is 1. The number of carbonyl (C=O) groups is 2. The summed E-state index contributed by atoms with van der Waals surface area (Å²) in [6.45, 7) is 3.20. The molecule has 0 spiro atoms. The maximum Gasteiger partial charge on any atom is 0.262 e. The summed E-state index contributed by atoms with van der Waals surface area (Å²) in [6, 6.07) is 6.89. The molecule has 0 fully saturated rings. The van der Waals surface area contributed by atoms with E-state index in [4.69, 9.17) is 9.57 Å². The van der Waals surface area contributed by atoms with Crippen LogP contribution in [0.3, 0.4) is 0 Å². The van der Waals surface area contributed by atoms with Crippen LogP contribution in [0.1, 0.15) is 24.2 Å². The van der Waals surface area contributed by atoms with Gasteiger partial charge in [0.2, 0.25) is 5.78 Å². The maximum absolute atomic E-state index is 13.7. The first-order valence-electron chi connectivity index (χ1n) is 9.70. The average Bonchev–Trinajstić information content (AvgIpc) is 3.05. The fraction of sp³-hybridized carbons (Fsp3) is 0.182. The summed E-state index contributed by atoms with van der Waals surface area (Å²) in [7, 11) is 0. The molecule has 2 aromatic heterocycles. The molecule has 1 aromatic carbocycles. The van der Waals surface area contributed by atoms with Crippen molar-refractivity contribution in [1.82, 2.24) is 15.0 Å². The van der Waals surface area contributed by atoms with Crippen molar-refractivity contribution < 1.29 is 27.9 Å². The van der Waals surface area contributed by atoms with E-state index in [-0.39, 0.29) is 23.9 Å². The molecule has 0 unspecified atom stereocenters. The van der Waals surface area contributed by atoms with E-state index in [9.17, 15) is 18.4 Å². The molecular formula is C22H17F2N5O4. The molecule has 1 aliphatic rings. The highest BCUT2D eigenvalue weighted by atomic mass is 19.1. The van der Waals surface area contributed by atoms with Crippen molar-refractivity contribution in [2.75, 3.05) is 11.9 Å². The second kappa shape index (κ2) is 8.69. The molecule has 4 rings (SSSR count). The average molecular weight is 453 g/mol. The Labute approximate surface area is 186 Å². The maximum atomic E-state index is 13.7. The zero-order valence-corrected chi connectivity index (χ0v) is 17.5. The van der Waals surface area contributed by atoms with Crippen LogP contribution in [0.5, 0.6) is 5.75 Å². The molecule has 0 saturated heterocycles. The predicted octanol–water partition coefficient (Wildman–Crippen LogP) is 3.18. The van der Waals surface area contributed by atoms with Gasteiger partial charge in [-0.1, -0.05) is 17.3 Å². The summed E-state index contributed by atoms with van der Waals surface area (Å²) >= 11 is 0. The van der Waals surface area contributed by atoms with Crippen molar-refractivity contribution in [3.05, 3.63) is 66.3 Å². The number of rotatable bonds is 6. The number of nitrogens with zero attached hydrogens (tertiary/aromatic N) is 4. The van der Waals surface area contributed by atoms with Gasteiger partial charge in [0, 0.05) is 5.56 Å². The van der Waals surface area contributed by atoms with Gasteiger partial charge in [0.05, 0.1) is 30.5 Å². The van der Waals surface area contributed by atoms with E-state index in [2.05, 4.69) is 25.4 Å². The molecule has 33 heavy (non-hydrogen) atoms. The Morgan fingerprint density at radius 3 is 2.52 bits per heavy atom. The molecule has 1 aliphatic heterocycles. The fourth-order valence-electron chi connectivity index (χ4n) is 2.94. The first-order valence-corrected chi connectivity index (χ1v) is 9.70. The van der Waals surface area contributed by atoms with E-state index in [0.717, 1.165) is 12.4 Å². The van der Waals surface area contributed by atoms with Gasteiger partial charge in [-0.25, -0.2) is 13.8 Å². The summed E-state index contributed by atoms with van der Waals surface area (Å²) in [6.07, 6.45) is 4.12. The zero-order valence-electron chi connectivity index (χ0n) is 17.5. The van der Waals surface area contributed by atoms with E-state index in [1.54, 1.807) is 38.1 Å². The highest BCUT2D eigenvalue weighted by Gasteiger charge is 2.39. The van der Waals surface area contributed by atoms with Crippen LogP contribution in [0.15, 0.2) is 54.2 Å². The lowest BCUT2D eigenvalue weighted by atomic mass is 10.0. The Kier molecular flexibility index (Phi) is 5.78. The van der Waals surface area contributed by atoms with E-state index >= 15 is 0 Å². The minimum atomic E-state index is -1.09. The van der Waals surface area contributed by atoms with Crippen LogP contribution in [0, 0.1) is 11.6 Å². The topological polar surface area (TPSA) is 116 Å². The van der Waals surface area contributed by atoms with Crippen molar-refractivity contribution in [1.29, 1.82) is 0 Å². The summed E-state index contributed by atoms with van der Waals surface area (Å²) in [5, 5.41) is 6.06. The molecular weight excluding hydrogens is 436 g/mol. The van der Waals surface area contributed by atoms with Crippen molar-refractivity contribution in [3.8, 4) is 17.0 Å². The number of aromatic nitrogens is 3. The number of anilines is 1. The molecule has 0 saturated carbocycles. The zero-order chi connectivity index (χ0) is 23.6. The number of ketones is 1. The standard InChI is InChI=1S/C22H17F2N5O4/c1-22(2)20(30)17(29-33-22)11-32-13-5-3-4-12(6-13)16-9-27-18(10-26-16)28-21(31)19-14(23)7-25-8-15(19)24/h3-10H,11H2,1-2H3,(H,27,28,31). The summed E-state index contributed by atoms with van der Waals surface area (Å²) < 4.78 is 33.1. The van der Waals surface area contributed by atoms with Crippen LogP contribution in [0.4, 0.5) is 14.6 Å². The number of carbonyl (C=O) groups excluding carboxylic acids is 2. The Hall–Kier alpha value is -4.28. The summed E-state index contributed by atoms with van der Waals surface area (Å²) in [5.74, 6) is -2.96. The highest BCUT2D eigenvalue weighted by Crippen LogP contribution is 2.24. The van der Waals surface area contributed by atoms with Gasteiger partial charge in [-0.2, -0.15) is 0 Å². The summed E-state index contributed by atoms with van der Waals surface area (Å²) in [5.41, 5.74) is -0.464. The van der Waals surface area contributed by atoms with Crippen LogP contribution in [0.25, 0.3) is 11.3 Å². The molecule has 0 aliphatic carbocycles. The fourth-order valence-corrected chi connectivity index (χ4v) is 2.94. The number of benzene rings is 1. The van der Waals surface area contributed by atoms with Gasteiger partial charge >= 0.3 is 0 Å². The number of oxime groups is 1. The molecule has 0 bridgehead atoms. The van der Waals surface area contributed by atoms with E-state index in [1.165, 1.54) is 12.4 Å². The second-order valence-electron chi connectivity index (χ2n) is 7.50. The Morgan fingerprint density at radius 2 is 1.88 bits per heavy atom. The number of Topliss-reactive ketones (excluding diaryl/α,β-unsaturated/α-hetero) is 1. The van der Waals surface area contributed by atoms with Crippen LogP contribution in [0.2, 0.25) is 0 Å². The third-order valence-corrected chi connectivity index (χ3v) is 4.67. The van der Waals surface area contributed by atoms with Gasteiger partial charge in [-0.3, -0.25) is 19.6 Å². The molecule has 1 N–H and O–H groups in total. The number of pyridine rings is 1. The van der Waals surface area contributed by atoms with Crippen LogP contribution < -0.4 is 10.1 Å². The molecule has 9 nitrogen and oxygen atoms in total. The lowest BCUT2D eigenvalue weighted by Crippen LogP contribution is -2.34. The molecule has 168 valence electrons. The lowest BCUT2D eigenvalue weighted by molar-refractivity contribution is -0.128. The van der Waals surface area contributed by atoms with E-state index in [0.29, 0.717) is 17.0 Å². The van der Waals surface area contributed by atoms with Gasteiger partial charge < -0.3 is 14.9 Å². The molecule has 3 aromatic rings. The molecule has 1 amide bonds. The number of ether oxygens (including phenoxy) is 1. The minimum absolute atomic E-state index is 0.00661. The molecule has 0 atom stereocenters. The largest absolute Gasteiger partial charge is 0.487 e. The van der Waals surface area contributed by atoms with Gasteiger partial charge in [0.1, 0.15) is 17.9 Å². The summed E-state index contributed by atoms with van der Waals surface area (Å²) in [4.78, 5) is 41.0. The third kappa shape index (κ3) is 4.66. The molecule has 11 heteroatoms. The smallest absolute Gasteiger partial charge is 0.262 e. The Balaban J connectivity index is 1.43. The van der Waals surface area contributed by atoms with E-state index < -0.39 is 28.7 Å². The van der Waals surface area contributed by atoms with Gasteiger partial charge in [-0.15, -0.1) is 0 Å². The SMILES string of the molecule is CC1(C)ON=C(COc2cccc(-c3cnc(NC(=O)c4c(F)cncc4F)cn3)c2)C1=O. The number of halogens is 2. The Morgan fingerprint density at radius 1 is 1.12 bits per heavy atom. The van der Waals surface area contributed by atoms with Gasteiger partial charge in [0.25, 0.3) is 5.91 Å². The minimum Gasteiger partial charge on any atom is -0.487 e. The van der Waals surface area contributed by atoms with Crippen molar-refractivity contribution >= 4 is 23.2 Å². The normalized spacial score (nSPS) is 14.4. The van der Waals surface area contributed by atoms with Crippen LogP contribution >= 0.6 is 0 Å². The van der Waals surface area contributed by atoms with Crippen LogP contribution in [-0.2, 0) is 9.63 Å². The number of hydrogen-bond donors (Lipinski definition) is 1.